The molecule has 32 heavy (non-hydrogen) atoms. The van der Waals surface area contributed by atoms with Crippen molar-refractivity contribution < 1.29 is 4.79 Å². The van der Waals surface area contributed by atoms with Crippen LogP contribution in [0, 0.1) is 11.8 Å². The van der Waals surface area contributed by atoms with Crippen molar-refractivity contribution in [3.63, 3.8) is 0 Å². The molecule has 2 heteroatoms. The molecule has 0 amide bonds. The summed E-state index contributed by atoms with van der Waals surface area (Å²) in [6.45, 7) is 0. The first kappa shape index (κ1) is 26.2. The standard InChI is InChI=1S/C30H55NO/c32-30-26-21-17-13-9-5-1-2-6-10-14-18-22-27(25-26)31-29-24-20-16-12-8-4-3-7-11-15-19-23-28(29)30/h26-29,31H,1-25H2. The average Bonchev–Trinajstić information content (AvgIpc) is 2.92. The van der Waals surface area contributed by atoms with Crippen LogP contribution in [0.4, 0.5) is 0 Å². The molecule has 4 unspecified atom stereocenters. The second kappa shape index (κ2) is 16.3. The van der Waals surface area contributed by atoms with Crippen LogP contribution in [-0.4, -0.2) is 17.9 Å². The number of carbonyl (C=O) groups excluding carboxylic acids is 1. The summed E-state index contributed by atoms with van der Waals surface area (Å²) in [7, 11) is 0. The minimum atomic E-state index is 0.298. The highest BCUT2D eigenvalue weighted by Gasteiger charge is 2.37. The highest BCUT2D eigenvalue weighted by Crippen LogP contribution is 2.33. The molecule has 0 aromatic carbocycles. The maximum atomic E-state index is 13.9. The minimum absolute atomic E-state index is 0.298. The van der Waals surface area contributed by atoms with Crippen molar-refractivity contribution >= 4 is 5.78 Å². The van der Waals surface area contributed by atoms with Crippen LogP contribution >= 0.6 is 0 Å². The highest BCUT2D eigenvalue weighted by atomic mass is 16.1. The number of carbonyl (C=O) groups is 1. The number of ketones is 1. The zero-order valence-corrected chi connectivity index (χ0v) is 21.4. The van der Waals surface area contributed by atoms with E-state index in [-0.39, 0.29) is 0 Å². The van der Waals surface area contributed by atoms with Crippen LogP contribution in [0.3, 0.4) is 0 Å². The fraction of sp³-hybridized carbons (Fsp3) is 0.967. The van der Waals surface area contributed by atoms with Crippen LogP contribution in [0.15, 0.2) is 0 Å². The number of hydrogen-bond donors (Lipinski definition) is 1. The molecule has 2 saturated carbocycles. The Bertz CT molecular complexity index is 489. The molecule has 2 bridgehead atoms. The third-order valence-electron chi connectivity index (χ3n) is 8.91. The Morgan fingerprint density at radius 1 is 0.469 bits per heavy atom. The molecule has 1 N–H and O–H groups in total. The van der Waals surface area contributed by atoms with Crippen LogP contribution < -0.4 is 5.32 Å². The van der Waals surface area contributed by atoms with Gasteiger partial charge in [-0.05, 0) is 32.1 Å². The van der Waals surface area contributed by atoms with Gasteiger partial charge in [0, 0.05) is 23.9 Å². The van der Waals surface area contributed by atoms with Crippen molar-refractivity contribution in [2.45, 2.75) is 173 Å². The number of fused-ring (bicyclic) bond motifs is 3. The van der Waals surface area contributed by atoms with Gasteiger partial charge in [0.25, 0.3) is 0 Å². The maximum absolute atomic E-state index is 13.9. The predicted octanol–water partition coefficient (Wildman–Crippen LogP) is 8.91. The quantitative estimate of drug-likeness (QED) is 0.403. The van der Waals surface area contributed by atoms with E-state index in [0.717, 1.165) is 12.8 Å². The summed E-state index contributed by atoms with van der Waals surface area (Å²) in [5, 5.41) is 4.13. The molecule has 3 fully saturated rings. The van der Waals surface area contributed by atoms with Gasteiger partial charge < -0.3 is 5.32 Å². The number of rotatable bonds is 0. The summed E-state index contributed by atoms with van der Waals surface area (Å²) in [5.41, 5.74) is 0. The molecule has 3 rings (SSSR count). The van der Waals surface area contributed by atoms with Crippen molar-refractivity contribution in [3.05, 3.63) is 0 Å². The van der Waals surface area contributed by atoms with Crippen molar-refractivity contribution in [1.29, 1.82) is 0 Å². The van der Waals surface area contributed by atoms with Gasteiger partial charge in [-0.15, -0.1) is 0 Å². The fourth-order valence-electron chi connectivity index (χ4n) is 6.88. The van der Waals surface area contributed by atoms with Crippen molar-refractivity contribution in [3.8, 4) is 0 Å². The minimum Gasteiger partial charge on any atom is -0.310 e. The molecule has 1 saturated heterocycles. The van der Waals surface area contributed by atoms with Gasteiger partial charge in [-0.1, -0.05) is 128 Å². The first-order valence-corrected chi connectivity index (χ1v) is 15.1. The summed E-state index contributed by atoms with van der Waals surface area (Å²) < 4.78 is 0. The van der Waals surface area contributed by atoms with E-state index < -0.39 is 0 Å². The third kappa shape index (κ3) is 9.86. The van der Waals surface area contributed by atoms with Crippen molar-refractivity contribution in [2.24, 2.45) is 11.8 Å². The van der Waals surface area contributed by atoms with Crippen LogP contribution in [0.5, 0.6) is 0 Å². The second-order valence-electron chi connectivity index (χ2n) is 11.6. The molecule has 1 heterocycles. The first-order valence-electron chi connectivity index (χ1n) is 15.1. The third-order valence-corrected chi connectivity index (χ3v) is 8.91. The van der Waals surface area contributed by atoms with Gasteiger partial charge in [0.2, 0.25) is 0 Å². The van der Waals surface area contributed by atoms with Gasteiger partial charge in [0.1, 0.15) is 5.78 Å². The SMILES string of the molecule is O=C1C2CCCCCCCCCCCCC(C2)NC2CCCCCCCCCCCCC12. The van der Waals surface area contributed by atoms with Gasteiger partial charge in [0.05, 0.1) is 0 Å². The van der Waals surface area contributed by atoms with Crippen LogP contribution in [-0.2, 0) is 4.79 Å². The van der Waals surface area contributed by atoms with E-state index in [2.05, 4.69) is 5.32 Å². The monoisotopic (exact) mass is 445 g/mol. The van der Waals surface area contributed by atoms with Gasteiger partial charge in [-0.3, -0.25) is 4.79 Å². The van der Waals surface area contributed by atoms with Crippen molar-refractivity contribution in [2.75, 3.05) is 0 Å². The summed E-state index contributed by atoms with van der Waals surface area (Å²) in [5.74, 6) is 1.31. The molecule has 0 aromatic rings. The molecular weight excluding hydrogens is 390 g/mol. The first-order chi connectivity index (χ1) is 15.8. The number of Topliss-reactive ketones (excluding diaryl/α,β-unsaturated/α-hetero) is 1. The molecule has 2 nitrogen and oxygen atoms in total. The number of hydrogen-bond acceptors (Lipinski definition) is 2. The van der Waals surface area contributed by atoms with Crippen LogP contribution in [0.25, 0.3) is 0 Å². The van der Waals surface area contributed by atoms with E-state index in [1.165, 1.54) is 148 Å². The van der Waals surface area contributed by atoms with Gasteiger partial charge in [-0.2, -0.15) is 0 Å². The van der Waals surface area contributed by atoms with Crippen molar-refractivity contribution in [1.82, 2.24) is 5.32 Å². The molecule has 0 spiro atoms. The molecule has 0 aromatic heterocycles. The molecular formula is C30H55NO. The molecule has 0 radical (unpaired) electrons. The average molecular weight is 446 g/mol. The summed E-state index contributed by atoms with van der Waals surface area (Å²) >= 11 is 0. The Balaban J connectivity index is 1.67. The Hall–Kier alpha value is -0.370. The van der Waals surface area contributed by atoms with E-state index in [1.807, 2.05) is 0 Å². The summed E-state index contributed by atoms with van der Waals surface area (Å²) in [6.07, 6.45) is 33.6. The summed E-state index contributed by atoms with van der Waals surface area (Å²) in [4.78, 5) is 13.9. The normalized spacial score (nSPS) is 34.2. The van der Waals surface area contributed by atoms with Crippen LogP contribution in [0.1, 0.15) is 161 Å². The lowest BCUT2D eigenvalue weighted by molar-refractivity contribution is -0.127. The Morgan fingerprint density at radius 2 is 0.875 bits per heavy atom. The van der Waals surface area contributed by atoms with E-state index >= 15 is 0 Å². The smallest absolute Gasteiger partial charge is 0.140 e. The van der Waals surface area contributed by atoms with Gasteiger partial charge >= 0.3 is 0 Å². The zero-order valence-electron chi connectivity index (χ0n) is 21.4. The Morgan fingerprint density at radius 3 is 1.41 bits per heavy atom. The van der Waals surface area contributed by atoms with Crippen LogP contribution in [0.2, 0.25) is 0 Å². The van der Waals surface area contributed by atoms with E-state index in [9.17, 15) is 4.79 Å². The van der Waals surface area contributed by atoms with E-state index in [1.54, 1.807) is 0 Å². The van der Waals surface area contributed by atoms with E-state index in [0.29, 0.717) is 29.7 Å². The van der Waals surface area contributed by atoms with Gasteiger partial charge in [-0.25, -0.2) is 0 Å². The number of nitrogens with one attached hydrogen (secondary N) is 1. The molecule has 4 atom stereocenters. The lowest BCUT2D eigenvalue weighted by Gasteiger charge is -2.28. The maximum Gasteiger partial charge on any atom is 0.140 e. The fourth-order valence-corrected chi connectivity index (χ4v) is 6.88. The highest BCUT2D eigenvalue weighted by molar-refractivity contribution is 5.84. The molecule has 1 aliphatic heterocycles. The van der Waals surface area contributed by atoms with Gasteiger partial charge in [0.15, 0.2) is 0 Å². The zero-order chi connectivity index (χ0) is 22.3. The Kier molecular flexibility index (Phi) is 13.4. The topological polar surface area (TPSA) is 29.1 Å². The predicted molar refractivity (Wildman–Crippen MR) is 138 cm³/mol. The molecule has 2 aliphatic carbocycles. The Labute approximate surface area is 200 Å². The molecule has 3 aliphatic rings. The lowest BCUT2D eigenvalue weighted by atomic mass is 9.80. The van der Waals surface area contributed by atoms with E-state index in [4.69, 9.17) is 0 Å². The summed E-state index contributed by atoms with van der Waals surface area (Å²) in [6, 6.07) is 1.04. The lowest BCUT2D eigenvalue weighted by Crippen LogP contribution is -2.42. The molecule has 186 valence electrons. The largest absolute Gasteiger partial charge is 0.310 e. The second-order valence-corrected chi connectivity index (χ2v) is 11.6.